The summed E-state index contributed by atoms with van der Waals surface area (Å²) in [6, 6.07) is -0.0507. The molecule has 2 heterocycles. The number of hydrogen-bond donors (Lipinski definition) is 2. The molecule has 1 unspecified atom stereocenters. The zero-order valence-electron chi connectivity index (χ0n) is 11.1. The summed E-state index contributed by atoms with van der Waals surface area (Å²) in [5.74, 6) is 3.09. The lowest BCUT2D eigenvalue weighted by molar-refractivity contribution is 0.145. The normalized spacial score (nSPS) is 35.1. The highest BCUT2D eigenvalue weighted by molar-refractivity contribution is 7.99. The number of nitrogens with one attached hydrogen (secondary N) is 2. The molecule has 2 N–H and O–H groups in total. The third-order valence-electron chi connectivity index (χ3n) is 4.20. The molecule has 2 saturated heterocycles. The highest BCUT2D eigenvalue weighted by Gasteiger charge is 2.55. The zero-order chi connectivity index (χ0) is 13.0. The van der Waals surface area contributed by atoms with Gasteiger partial charge in [0, 0.05) is 12.3 Å². The van der Waals surface area contributed by atoms with Crippen LogP contribution in [-0.4, -0.2) is 40.4 Å². The van der Waals surface area contributed by atoms with Crippen LogP contribution in [0.2, 0.25) is 0 Å². The molecule has 2 aliphatic heterocycles. The minimum atomic E-state index is -0.355. The Hall–Kier alpha value is -0.710. The average molecular weight is 267 g/mol. The molecule has 0 aromatic heterocycles. The number of hydrogen-bond acceptors (Lipinski definition) is 3. The van der Waals surface area contributed by atoms with Gasteiger partial charge >= 0.3 is 6.03 Å². The number of carbonyl (C=O) groups is 1. The molecular weight excluding hydrogens is 246 g/mol. The minimum absolute atomic E-state index is 0.0507. The Morgan fingerprint density at radius 3 is 2.78 bits per heavy atom. The Kier molecular flexibility index (Phi) is 2.66. The molecule has 0 radical (unpaired) electrons. The van der Waals surface area contributed by atoms with Gasteiger partial charge in [0.05, 0.1) is 0 Å². The van der Waals surface area contributed by atoms with Crippen molar-refractivity contribution in [3.05, 3.63) is 0 Å². The van der Waals surface area contributed by atoms with Gasteiger partial charge in [0.2, 0.25) is 0 Å². The highest BCUT2D eigenvalue weighted by atomic mass is 32.2. The van der Waals surface area contributed by atoms with E-state index in [1.807, 2.05) is 16.7 Å². The van der Waals surface area contributed by atoms with Gasteiger partial charge in [-0.15, -0.1) is 0 Å². The fourth-order valence-electron chi connectivity index (χ4n) is 3.16. The second kappa shape index (κ2) is 3.89. The van der Waals surface area contributed by atoms with Crippen LogP contribution in [0.1, 0.15) is 33.1 Å². The number of urea groups is 1. The van der Waals surface area contributed by atoms with Gasteiger partial charge in [0.25, 0.3) is 0 Å². The Morgan fingerprint density at radius 2 is 2.17 bits per heavy atom. The van der Waals surface area contributed by atoms with E-state index in [4.69, 9.17) is 5.41 Å². The van der Waals surface area contributed by atoms with Crippen molar-refractivity contribution in [1.82, 2.24) is 10.2 Å². The Labute approximate surface area is 112 Å². The first kappa shape index (κ1) is 12.3. The molecule has 1 saturated carbocycles. The summed E-state index contributed by atoms with van der Waals surface area (Å²) < 4.78 is 0. The Bertz CT molecular complexity index is 405. The second-order valence-electron chi connectivity index (χ2n) is 6.72. The van der Waals surface area contributed by atoms with Crippen molar-refractivity contribution in [1.29, 1.82) is 5.41 Å². The molecule has 3 rings (SSSR count). The maximum Gasteiger partial charge on any atom is 0.323 e. The van der Waals surface area contributed by atoms with Crippen LogP contribution in [0.3, 0.4) is 0 Å². The van der Waals surface area contributed by atoms with Gasteiger partial charge in [-0.1, -0.05) is 13.8 Å². The van der Waals surface area contributed by atoms with Crippen LogP contribution in [0, 0.1) is 16.7 Å². The van der Waals surface area contributed by atoms with Gasteiger partial charge in [-0.05, 0) is 36.3 Å². The van der Waals surface area contributed by atoms with Crippen LogP contribution in [0.4, 0.5) is 4.79 Å². The predicted octanol–water partition coefficient (Wildman–Crippen LogP) is 2.30. The summed E-state index contributed by atoms with van der Waals surface area (Å²) >= 11 is 1.88. The lowest BCUT2D eigenvalue weighted by atomic mass is 9.78. The molecule has 3 fully saturated rings. The quantitative estimate of drug-likeness (QED) is 0.806. The van der Waals surface area contributed by atoms with Gasteiger partial charge in [0.1, 0.15) is 11.4 Å². The predicted molar refractivity (Wildman–Crippen MR) is 74.1 cm³/mol. The fraction of sp³-hybridized carbons (Fsp3) is 0.846. The van der Waals surface area contributed by atoms with E-state index < -0.39 is 0 Å². The summed E-state index contributed by atoms with van der Waals surface area (Å²) in [5.41, 5.74) is -0.157. The number of thioether (sulfide) groups is 1. The fourth-order valence-corrected chi connectivity index (χ4v) is 4.66. The lowest BCUT2D eigenvalue weighted by Crippen LogP contribution is -2.57. The number of amides is 2. The first-order valence-corrected chi connectivity index (χ1v) is 7.84. The lowest BCUT2D eigenvalue weighted by Gasteiger charge is -2.45. The summed E-state index contributed by atoms with van der Waals surface area (Å²) in [7, 11) is 0. The van der Waals surface area contributed by atoms with E-state index in [2.05, 4.69) is 19.2 Å². The van der Waals surface area contributed by atoms with E-state index in [0.717, 1.165) is 24.5 Å². The van der Waals surface area contributed by atoms with Crippen molar-refractivity contribution in [3.8, 4) is 0 Å². The number of carbonyl (C=O) groups excluding carboxylic acids is 1. The standard InChI is InChI=1S/C13H21N3OS/c1-12(2)6-13(8-18-7-12)10(14)15-11(17)16(13)5-9-3-4-9/h9H,3-8H2,1-2H3,(H2,14,15,17). The molecule has 2 amide bonds. The highest BCUT2D eigenvalue weighted by Crippen LogP contribution is 2.45. The molecule has 1 atom stereocenters. The molecular formula is C13H21N3OS. The van der Waals surface area contributed by atoms with E-state index in [0.29, 0.717) is 11.8 Å². The van der Waals surface area contributed by atoms with E-state index >= 15 is 0 Å². The Morgan fingerprint density at radius 1 is 1.44 bits per heavy atom. The average Bonchev–Trinajstić information content (AvgIpc) is 3.03. The van der Waals surface area contributed by atoms with Gasteiger partial charge < -0.3 is 4.90 Å². The number of amidine groups is 1. The van der Waals surface area contributed by atoms with Crippen molar-refractivity contribution in [2.75, 3.05) is 18.1 Å². The molecule has 100 valence electrons. The minimum Gasteiger partial charge on any atom is -0.310 e. The van der Waals surface area contributed by atoms with E-state index in [-0.39, 0.29) is 17.0 Å². The molecule has 0 aromatic carbocycles. The van der Waals surface area contributed by atoms with Crippen LogP contribution < -0.4 is 5.32 Å². The van der Waals surface area contributed by atoms with Crippen molar-refractivity contribution < 1.29 is 4.79 Å². The van der Waals surface area contributed by atoms with Crippen molar-refractivity contribution in [2.45, 2.75) is 38.6 Å². The zero-order valence-corrected chi connectivity index (χ0v) is 11.9. The first-order chi connectivity index (χ1) is 8.43. The van der Waals surface area contributed by atoms with E-state index in [1.165, 1.54) is 12.8 Å². The maximum absolute atomic E-state index is 12.1. The number of rotatable bonds is 2. The molecule has 0 bridgehead atoms. The van der Waals surface area contributed by atoms with Crippen molar-refractivity contribution >= 4 is 23.6 Å². The van der Waals surface area contributed by atoms with Gasteiger partial charge in [-0.3, -0.25) is 10.7 Å². The summed E-state index contributed by atoms with van der Waals surface area (Å²) in [4.78, 5) is 14.1. The van der Waals surface area contributed by atoms with Crippen LogP contribution in [0.5, 0.6) is 0 Å². The molecule has 3 aliphatic rings. The van der Waals surface area contributed by atoms with Crippen LogP contribution >= 0.6 is 11.8 Å². The van der Waals surface area contributed by atoms with Gasteiger partial charge in [-0.25, -0.2) is 4.79 Å². The van der Waals surface area contributed by atoms with Crippen LogP contribution in [0.25, 0.3) is 0 Å². The smallest absolute Gasteiger partial charge is 0.310 e. The molecule has 18 heavy (non-hydrogen) atoms. The number of nitrogens with zero attached hydrogens (tertiary/aromatic N) is 1. The van der Waals surface area contributed by atoms with Gasteiger partial charge in [0.15, 0.2) is 0 Å². The third kappa shape index (κ3) is 1.92. The summed E-state index contributed by atoms with van der Waals surface area (Å²) in [5, 5.41) is 11.0. The largest absolute Gasteiger partial charge is 0.323 e. The maximum atomic E-state index is 12.1. The summed E-state index contributed by atoms with van der Waals surface area (Å²) in [6.45, 7) is 5.32. The van der Waals surface area contributed by atoms with E-state index in [1.54, 1.807) is 0 Å². The Balaban J connectivity index is 1.89. The van der Waals surface area contributed by atoms with Crippen LogP contribution in [0.15, 0.2) is 0 Å². The van der Waals surface area contributed by atoms with Crippen molar-refractivity contribution in [3.63, 3.8) is 0 Å². The SMILES string of the molecule is CC1(C)CSCC2(C1)C(=N)NC(=O)N2CC1CC1. The molecule has 4 nitrogen and oxygen atoms in total. The van der Waals surface area contributed by atoms with Crippen LogP contribution in [-0.2, 0) is 0 Å². The van der Waals surface area contributed by atoms with Gasteiger partial charge in [-0.2, -0.15) is 11.8 Å². The monoisotopic (exact) mass is 267 g/mol. The van der Waals surface area contributed by atoms with E-state index in [9.17, 15) is 4.79 Å². The summed E-state index contributed by atoms with van der Waals surface area (Å²) in [6.07, 6.45) is 3.39. The van der Waals surface area contributed by atoms with Crippen molar-refractivity contribution in [2.24, 2.45) is 11.3 Å². The third-order valence-corrected chi connectivity index (χ3v) is 5.87. The topological polar surface area (TPSA) is 56.2 Å². The molecule has 1 spiro atoms. The molecule has 5 heteroatoms. The molecule has 1 aliphatic carbocycles. The second-order valence-corrected chi connectivity index (χ2v) is 7.71. The first-order valence-electron chi connectivity index (χ1n) is 6.68. The molecule has 0 aromatic rings.